The van der Waals surface area contributed by atoms with Gasteiger partial charge in [0.25, 0.3) is 0 Å². The van der Waals surface area contributed by atoms with Crippen LogP contribution >= 0.6 is 11.3 Å². The van der Waals surface area contributed by atoms with Crippen molar-refractivity contribution in [2.24, 2.45) is 11.8 Å². The molecule has 1 aliphatic rings. The van der Waals surface area contributed by atoms with Gasteiger partial charge in [-0.15, -0.1) is 11.3 Å². The Hall–Kier alpha value is -1.16. The molecular weight excluding hydrogens is 350 g/mol. The summed E-state index contributed by atoms with van der Waals surface area (Å²) in [6.07, 6.45) is 4.09. The van der Waals surface area contributed by atoms with Crippen LogP contribution in [-0.4, -0.2) is 18.8 Å². The van der Waals surface area contributed by atoms with Crippen molar-refractivity contribution in [1.82, 2.24) is 5.32 Å². The van der Waals surface area contributed by atoms with Gasteiger partial charge in [-0.25, -0.2) is 0 Å². The molecule has 0 radical (unpaired) electrons. The lowest BCUT2D eigenvalue weighted by molar-refractivity contribution is -0.118. The number of thiophene rings is 1. The van der Waals surface area contributed by atoms with E-state index in [2.05, 4.69) is 80.9 Å². The van der Waals surface area contributed by atoms with Crippen molar-refractivity contribution in [3.05, 3.63) is 58.3 Å². The van der Waals surface area contributed by atoms with Crippen LogP contribution < -0.4 is 5.32 Å². The lowest BCUT2D eigenvalue weighted by Gasteiger charge is -2.48. The molecule has 1 fully saturated rings. The van der Waals surface area contributed by atoms with E-state index in [1.54, 1.807) is 0 Å². The zero-order chi connectivity index (χ0) is 19.3. The van der Waals surface area contributed by atoms with Gasteiger partial charge in [0.05, 0.1) is 12.2 Å². The third kappa shape index (κ3) is 5.22. The molecule has 3 heteroatoms. The number of nitrogens with one attached hydrogen (secondary N) is 1. The van der Waals surface area contributed by atoms with Gasteiger partial charge in [-0.1, -0.05) is 64.1 Å². The van der Waals surface area contributed by atoms with Crippen LogP contribution in [0.4, 0.5) is 0 Å². The van der Waals surface area contributed by atoms with Crippen LogP contribution in [0.2, 0.25) is 0 Å². The summed E-state index contributed by atoms with van der Waals surface area (Å²) in [7, 11) is 0. The Kier molecular flexibility index (Phi) is 7.13. The Labute approximate surface area is 169 Å². The first-order chi connectivity index (χ1) is 13.0. The lowest BCUT2D eigenvalue weighted by Crippen LogP contribution is -2.48. The molecule has 2 heterocycles. The second-order valence-corrected chi connectivity index (χ2v) is 9.79. The fourth-order valence-electron chi connectivity index (χ4n) is 4.29. The van der Waals surface area contributed by atoms with E-state index in [0.29, 0.717) is 24.0 Å². The maximum atomic E-state index is 6.53. The Bertz CT molecular complexity index is 649. The minimum absolute atomic E-state index is 0.200. The fraction of sp³-hybridized carbons (Fsp3) is 0.583. The van der Waals surface area contributed by atoms with Gasteiger partial charge in [-0.3, -0.25) is 0 Å². The molecule has 2 aromatic rings. The van der Waals surface area contributed by atoms with Crippen LogP contribution in [0, 0.1) is 11.8 Å². The van der Waals surface area contributed by atoms with Gasteiger partial charge in [0.1, 0.15) is 0 Å². The molecule has 0 bridgehead atoms. The maximum absolute atomic E-state index is 6.53. The Balaban J connectivity index is 1.78. The second-order valence-electron chi connectivity index (χ2n) is 8.76. The van der Waals surface area contributed by atoms with Crippen molar-refractivity contribution in [3.63, 3.8) is 0 Å². The molecule has 1 aromatic carbocycles. The van der Waals surface area contributed by atoms with Crippen LogP contribution in [0.1, 0.15) is 57.4 Å². The van der Waals surface area contributed by atoms with E-state index < -0.39 is 0 Å². The monoisotopic (exact) mass is 385 g/mol. The van der Waals surface area contributed by atoms with Crippen molar-refractivity contribution >= 4 is 11.3 Å². The Morgan fingerprint density at radius 1 is 1.00 bits per heavy atom. The highest BCUT2D eigenvalue weighted by atomic mass is 32.1. The summed E-state index contributed by atoms with van der Waals surface area (Å²) in [6.45, 7) is 11.2. The van der Waals surface area contributed by atoms with Gasteiger partial charge in [-0.2, -0.15) is 0 Å². The molecule has 1 aromatic heterocycles. The van der Waals surface area contributed by atoms with Crippen LogP contribution in [0.3, 0.4) is 0 Å². The summed E-state index contributed by atoms with van der Waals surface area (Å²) in [6, 6.07) is 15.5. The topological polar surface area (TPSA) is 21.3 Å². The number of hydrogen-bond donors (Lipinski definition) is 1. The van der Waals surface area contributed by atoms with Crippen LogP contribution in [0.5, 0.6) is 0 Å². The van der Waals surface area contributed by atoms with E-state index in [9.17, 15) is 0 Å². The first-order valence-electron chi connectivity index (χ1n) is 10.4. The van der Waals surface area contributed by atoms with Crippen molar-refractivity contribution in [2.75, 3.05) is 6.54 Å². The molecule has 2 nitrogen and oxygen atoms in total. The van der Waals surface area contributed by atoms with Crippen LogP contribution in [-0.2, 0) is 16.7 Å². The predicted molar refractivity (Wildman–Crippen MR) is 116 cm³/mol. The second kappa shape index (κ2) is 9.36. The highest BCUT2D eigenvalue weighted by molar-refractivity contribution is 7.09. The van der Waals surface area contributed by atoms with Crippen molar-refractivity contribution in [1.29, 1.82) is 0 Å². The van der Waals surface area contributed by atoms with Gasteiger partial charge in [0.2, 0.25) is 0 Å². The summed E-state index contributed by atoms with van der Waals surface area (Å²) in [5.41, 5.74) is 1.69. The molecule has 0 spiro atoms. The first-order valence-corrected chi connectivity index (χ1v) is 11.3. The van der Waals surface area contributed by atoms with Gasteiger partial charge in [0, 0.05) is 16.8 Å². The number of rotatable bonds is 8. The van der Waals surface area contributed by atoms with Gasteiger partial charge in [0.15, 0.2) is 0 Å². The molecule has 1 saturated heterocycles. The minimum atomic E-state index is 0.200. The Morgan fingerprint density at radius 2 is 1.67 bits per heavy atom. The molecule has 0 amide bonds. The highest BCUT2D eigenvalue weighted by Gasteiger charge is 2.43. The fourth-order valence-corrected chi connectivity index (χ4v) is 4.96. The van der Waals surface area contributed by atoms with Crippen molar-refractivity contribution in [2.45, 2.75) is 71.1 Å². The summed E-state index contributed by atoms with van der Waals surface area (Å²) in [5, 5.41) is 5.84. The first kappa shape index (κ1) is 20.6. The summed E-state index contributed by atoms with van der Waals surface area (Å²) < 4.78 is 6.53. The van der Waals surface area contributed by atoms with Crippen molar-refractivity contribution in [3.8, 4) is 0 Å². The molecule has 0 saturated carbocycles. The molecule has 3 atom stereocenters. The molecule has 1 aliphatic heterocycles. The average molecular weight is 386 g/mol. The predicted octanol–water partition coefficient (Wildman–Crippen LogP) is 6.03. The number of hydrogen-bond acceptors (Lipinski definition) is 3. The molecule has 3 rings (SSSR count). The maximum Gasteiger partial charge on any atom is 0.0610 e. The summed E-state index contributed by atoms with van der Waals surface area (Å²) in [5.74, 6) is 1.10. The third-order valence-corrected chi connectivity index (χ3v) is 6.94. The summed E-state index contributed by atoms with van der Waals surface area (Å²) >= 11 is 1.83. The van der Waals surface area contributed by atoms with E-state index in [-0.39, 0.29) is 5.41 Å². The van der Waals surface area contributed by atoms with Crippen LogP contribution in [0.15, 0.2) is 47.8 Å². The quantitative estimate of drug-likeness (QED) is 0.561. The van der Waals surface area contributed by atoms with E-state index in [4.69, 9.17) is 4.74 Å². The minimum Gasteiger partial charge on any atom is -0.374 e. The lowest BCUT2D eigenvalue weighted by atomic mass is 9.66. The SMILES string of the molecule is CC(C)[C@@H]1CC(CCNCc2cccs2)(c2ccccc2)C[C@H](C(C)C)O1. The largest absolute Gasteiger partial charge is 0.374 e. The molecule has 148 valence electrons. The van der Waals surface area contributed by atoms with Gasteiger partial charge in [-0.05, 0) is 54.7 Å². The average Bonchev–Trinajstić information content (AvgIpc) is 3.19. The van der Waals surface area contributed by atoms with E-state index >= 15 is 0 Å². The normalized spacial score (nSPS) is 26.0. The van der Waals surface area contributed by atoms with E-state index in [1.807, 2.05) is 11.3 Å². The smallest absolute Gasteiger partial charge is 0.0610 e. The van der Waals surface area contributed by atoms with Gasteiger partial charge < -0.3 is 10.1 Å². The molecule has 1 N–H and O–H groups in total. The number of ether oxygens (including phenoxy) is 1. The Morgan fingerprint density at radius 3 is 2.22 bits per heavy atom. The standard InChI is InChI=1S/C24H35NOS/c1-18(2)22-15-24(16-23(26-22)19(3)4,20-9-6-5-7-10-20)12-13-25-17-21-11-8-14-27-21/h5-11,14,18-19,22-23,25H,12-13,15-17H2,1-4H3/t22-,23+,24?. The van der Waals surface area contributed by atoms with Crippen LogP contribution in [0.25, 0.3) is 0 Å². The molecule has 1 unspecified atom stereocenters. The van der Waals surface area contributed by atoms with E-state index in [0.717, 1.165) is 32.4 Å². The van der Waals surface area contributed by atoms with Crippen molar-refractivity contribution < 1.29 is 4.74 Å². The summed E-state index contributed by atoms with van der Waals surface area (Å²) in [4.78, 5) is 1.41. The zero-order valence-electron chi connectivity index (χ0n) is 17.3. The van der Waals surface area contributed by atoms with Gasteiger partial charge >= 0.3 is 0 Å². The number of benzene rings is 1. The van der Waals surface area contributed by atoms with E-state index in [1.165, 1.54) is 10.4 Å². The molecule has 27 heavy (non-hydrogen) atoms. The highest BCUT2D eigenvalue weighted by Crippen LogP contribution is 2.45. The molecule has 0 aliphatic carbocycles. The third-order valence-electron chi connectivity index (χ3n) is 6.07. The zero-order valence-corrected chi connectivity index (χ0v) is 18.1. The molecular formula is C24H35NOS.